The molecule has 0 aliphatic rings. The lowest BCUT2D eigenvalue weighted by Crippen LogP contribution is -2.41. The van der Waals surface area contributed by atoms with E-state index >= 15 is 0 Å². The van der Waals surface area contributed by atoms with Crippen molar-refractivity contribution in [1.82, 2.24) is 4.31 Å². The molecule has 1 aromatic carbocycles. The van der Waals surface area contributed by atoms with Crippen LogP contribution in [0.2, 0.25) is 0 Å². The number of esters is 1. The zero-order valence-corrected chi connectivity index (χ0v) is 13.0. The van der Waals surface area contributed by atoms with Gasteiger partial charge in [-0.25, -0.2) is 12.8 Å². The van der Waals surface area contributed by atoms with Gasteiger partial charge in [0.15, 0.2) is 0 Å². The number of nitrogens with two attached hydrogens (primary N) is 1. The minimum absolute atomic E-state index is 0.156. The van der Waals surface area contributed by atoms with E-state index in [0.717, 1.165) is 22.5 Å². The van der Waals surface area contributed by atoms with Gasteiger partial charge < -0.3 is 10.5 Å². The molecule has 0 saturated heterocycles. The van der Waals surface area contributed by atoms with E-state index in [1.807, 2.05) is 0 Å². The number of rotatable bonds is 6. The van der Waals surface area contributed by atoms with Gasteiger partial charge in [0.1, 0.15) is 17.3 Å². The fourth-order valence-corrected chi connectivity index (χ4v) is 3.44. The molecule has 0 bridgehead atoms. The number of benzene rings is 1. The molecule has 0 unspecified atom stereocenters. The third-order valence-electron chi connectivity index (χ3n) is 2.72. The number of nitrogens with zero attached hydrogens (tertiary/aromatic N) is 1. The summed E-state index contributed by atoms with van der Waals surface area (Å²) in [6.07, 6.45) is 0. The smallest absolute Gasteiger partial charge is 0.321 e. The number of hydrogen-bond acceptors (Lipinski definition) is 5. The van der Waals surface area contributed by atoms with Crippen LogP contribution in [0.4, 0.5) is 10.1 Å². The van der Waals surface area contributed by atoms with Gasteiger partial charge in [0.2, 0.25) is 10.0 Å². The van der Waals surface area contributed by atoms with E-state index in [4.69, 9.17) is 10.5 Å². The molecule has 1 rings (SSSR count). The maximum absolute atomic E-state index is 13.0. The highest BCUT2D eigenvalue weighted by Gasteiger charge is 2.31. The quantitative estimate of drug-likeness (QED) is 0.632. The second kappa shape index (κ2) is 6.86. The fourth-order valence-electron chi connectivity index (χ4n) is 1.76. The zero-order valence-electron chi connectivity index (χ0n) is 12.2. The lowest BCUT2D eigenvalue weighted by Gasteiger charge is -2.25. The van der Waals surface area contributed by atoms with E-state index in [9.17, 15) is 17.6 Å². The highest BCUT2D eigenvalue weighted by molar-refractivity contribution is 7.89. The molecular weight excluding hydrogens is 299 g/mol. The van der Waals surface area contributed by atoms with E-state index in [1.165, 1.54) is 0 Å². The number of ether oxygens (including phenoxy) is 1. The van der Waals surface area contributed by atoms with Crippen molar-refractivity contribution < 1.29 is 22.3 Å². The van der Waals surface area contributed by atoms with Crippen molar-refractivity contribution in [3.63, 3.8) is 0 Å². The number of halogens is 1. The van der Waals surface area contributed by atoms with Gasteiger partial charge >= 0.3 is 5.97 Å². The van der Waals surface area contributed by atoms with Crippen LogP contribution in [0.5, 0.6) is 0 Å². The minimum Gasteiger partial charge on any atom is -0.465 e. The van der Waals surface area contributed by atoms with Gasteiger partial charge in [-0.1, -0.05) is 0 Å². The molecule has 2 N–H and O–H groups in total. The Kier molecular flexibility index (Phi) is 5.68. The van der Waals surface area contributed by atoms with Crippen molar-refractivity contribution >= 4 is 21.7 Å². The van der Waals surface area contributed by atoms with Crippen LogP contribution in [0.15, 0.2) is 23.1 Å². The topological polar surface area (TPSA) is 89.7 Å². The number of nitrogen functional groups attached to an aromatic ring is 1. The molecule has 8 heteroatoms. The summed E-state index contributed by atoms with van der Waals surface area (Å²) in [6, 6.07) is 2.53. The highest BCUT2D eigenvalue weighted by atomic mass is 32.2. The first-order chi connectivity index (χ1) is 9.70. The van der Waals surface area contributed by atoms with Crippen LogP contribution in [-0.2, 0) is 19.6 Å². The summed E-state index contributed by atoms with van der Waals surface area (Å²) in [6.45, 7) is 4.60. The number of carbonyl (C=O) groups excluding carboxylic acids is 1. The van der Waals surface area contributed by atoms with Crippen LogP contribution in [0, 0.1) is 5.82 Å². The standard InChI is InChI=1S/C13H19FN2O4S/c1-4-20-13(17)8-16(9(2)3)21(18,19)12-6-5-10(14)7-11(12)15/h5-7,9H,4,8,15H2,1-3H3. The van der Waals surface area contributed by atoms with E-state index in [2.05, 4.69) is 0 Å². The Morgan fingerprint density at radius 1 is 1.43 bits per heavy atom. The third-order valence-corrected chi connectivity index (χ3v) is 4.82. The third kappa shape index (κ3) is 4.15. The van der Waals surface area contributed by atoms with E-state index in [-0.39, 0.29) is 17.2 Å². The largest absolute Gasteiger partial charge is 0.465 e. The van der Waals surface area contributed by atoms with Crippen molar-refractivity contribution in [3.8, 4) is 0 Å². The summed E-state index contributed by atoms with van der Waals surface area (Å²) in [5, 5.41) is 0. The molecular formula is C13H19FN2O4S. The molecule has 0 aliphatic heterocycles. The SMILES string of the molecule is CCOC(=O)CN(C(C)C)S(=O)(=O)c1ccc(F)cc1N. The average Bonchev–Trinajstić information content (AvgIpc) is 2.35. The number of sulfonamides is 1. The molecule has 0 radical (unpaired) electrons. The number of carbonyl (C=O) groups is 1. The van der Waals surface area contributed by atoms with Crippen molar-refractivity contribution in [1.29, 1.82) is 0 Å². The molecule has 118 valence electrons. The Morgan fingerprint density at radius 2 is 2.05 bits per heavy atom. The molecule has 0 spiro atoms. The predicted molar refractivity (Wildman–Crippen MR) is 76.5 cm³/mol. The normalized spacial score (nSPS) is 11.9. The van der Waals surface area contributed by atoms with Crippen LogP contribution < -0.4 is 5.73 Å². The second-order valence-corrected chi connectivity index (χ2v) is 6.49. The molecule has 0 fully saturated rings. The first-order valence-electron chi connectivity index (χ1n) is 6.42. The molecule has 1 aromatic rings. The molecule has 21 heavy (non-hydrogen) atoms. The van der Waals surface area contributed by atoms with E-state index in [0.29, 0.717) is 0 Å². The maximum Gasteiger partial charge on any atom is 0.321 e. The summed E-state index contributed by atoms with van der Waals surface area (Å²) in [5.41, 5.74) is 5.37. The van der Waals surface area contributed by atoms with Gasteiger partial charge in [-0.2, -0.15) is 4.31 Å². The Morgan fingerprint density at radius 3 is 2.52 bits per heavy atom. The number of hydrogen-bond donors (Lipinski definition) is 1. The van der Waals surface area contributed by atoms with Gasteiger partial charge in [0, 0.05) is 6.04 Å². The van der Waals surface area contributed by atoms with Crippen molar-refractivity contribution in [2.45, 2.75) is 31.7 Å². The number of anilines is 1. The Balaban J connectivity index is 3.19. The van der Waals surface area contributed by atoms with Crippen LogP contribution in [0.3, 0.4) is 0 Å². The van der Waals surface area contributed by atoms with Crippen molar-refractivity contribution in [2.24, 2.45) is 0 Å². The van der Waals surface area contributed by atoms with Crippen molar-refractivity contribution in [3.05, 3.63) is 24.0 Å². The molecule has 6 nitrogen and oxygen atoms in total. The summed E-state index contributed by atoms with van der Waals surface area (Å²) < 4.78 is 43.9. The Hall–Kier alpha value is -1.67. The molecule has 0 heterocycles. The highest BCUT2D eigenvalue weighted by Crippen LogP contribution is 2.24. The minimum atomic E-state index is -4.02. The lowest BCUT2D eigenvalue weighted by atomic mass is 10.3. The summed E-state index contributed by atoms with van der Waals surface area (Å²) in [5.74, 6) is -1.29. The van der Waals surface area contributed by atoms with Crippen LogP contribution in [0.25, 0.3) is 0 Å². The average molecular weight is 318 g/mol. The maximum atomic E-state index is 13.0. The van der Waals surface area contributed by atoms with E-state index < -0.39 is 34.4 Å². The van der Waals surface area contributed by atoms with Gasteiger partial charge in [0.05, 0.1) is 12.3 Å². The van der Waals surface area contributed by atoms with E-state index in [1.54, 1.807) is 20.8 Å². The van der Waals surface area contributed by atoms with Crippen LogP contribution in [-0.4, -0.2) is 37.9 Å². The fraction of sp³-hybridized carbons (Fsp3) is 0.462. The van der Waals surface area contributed by atoms with Gasteiger partial charge in [-0.05, 0) is 39.0 Å². The van der Waals surface area contributed by atoms with Gasteiger partial charge in [-0.3, -0.25) is 4.79 Å². The zero-order chi connectivity index (χ0) is 16.2. The monoisotopic (exact) mass is 318 g/mol. The molecule has 0 saturated carbocycles. The predicted octanol–water partition coefficient (Wildman–Crippen LogP) is 1.37. The Bertz CT molecular complexity index is 617. The summed E-state index contributed by atoms with van der Waals surface area (Å²) in [4.78, 5) is 11.3. The summed E-state index contributed by atoms with van der Waals surface area (Å²) >= 11 is 0. The van der Waals surface area contributed by atoms with Gasteiger partial charge in [-0.15, -0.1) is 0 Å². The second-order valence-electron chi connectivity index (χ2n) is 4.63. The molecule has 0 aliphatic carbocycles. The molecule has 0 aromatic heterocycles. The first-order valence-corrected chi connectivity index (χ1v) is 7.86. The lowest BCUT2D eigenvalue weighted by molar-refractivity contribution is -0.143. The van der Waals surface area contributed by atoms with Gasteiger partial charge in [0.25, 0.3) is 0 Å². The molecule has 0 atom stereocenters. The van der Waals surface area contributed by atoms with Crippen LogP contribution >= 0.6 is 0 Å². The first kappa shape index (κ1) is 17.4. The van der Waals surface area contributed by atoms with Crippen molar-refractivity contribution in [2.75, 3.05) is 18.9 Å². The molecule has 0 amide bonds. The van der Waals surface area contributed by atoms with Crippen LogP contribution in [0.1, 0.15) is 20.8 Å². The Labute approximate surface area is 123 Å². The summed E-state index contributed by atoms with van der Waals surface area (Å²) in [7, 11) is -4.02.